The maximum atomic E-state index is 13.7. The third kappa shape index (κ3) is 4.57. The fourth-order valence-corrected chi connectivity index (χ4v) is 3.56. The number of pyridine rings is 2. The molecular formula is C24H22F3N5O. The van der Waals surface area contributed by atoms with E-state index in [-0.39, 0.29) is 16.6 Å². The molecule has 1 amide bonds. The Hall–Kier alpha value is -3.75. The lowest BCUT2D eigenvalue weighted by Gasteiger charge is -2.19. The highest BCUT2D eigenvalue weighted by Gasteiger charge is 2.34. The number of amides is 1. The van der Waals surface area contributed by atoms with Crippen molar-refractivity contribution in [3.8, 4) is 16.9 Å². The van der Waals surface area contributed by atoms with Crippen molar-refractivity contribution in [3.05, 3.63) is 71.8 Å². The van der Waals surface area contributed by atoms with Gasteiger partial charge in [0.1, 0.15) is 0 Å². The van der Waals surface area contributed by atoms with Gasteiger partial charge in [-0.15, -0.1) is 0 Å². The van der Waals surface area contributed by atoms with Crippen LogP contribution in [0.5, 0.6) is 0 Å². The molecule has 0 unspecified atom stereocenters. The largest absolute Gasteiger partial charge is 0.418 e. The van der Waals surface area contributed by atoms with E-state index in [2.05, 4.69) is 20.4 Å². The van der Waals surface area contributed by atoms with E-state index in [1.165, 1.54) is 10.7 Å². The molecule has 9 heteroatoms. The van der Waals surface area contributed by atoms with Gasteiger partial charge in [-0.1, -0.05) is 12.1 Å². The molecule has 170 valence electrons. The van der Waals surface area contributed by atoms with Crippen molar-refractivity contribution in [2.75, 3.05) is 0 Å². The van der Waals surface area contributed by atoms with Crippen molar-refractivity contribution in [1.82, 2.24) is 25.1 Å². The lowest BCUT2D eigenvalue weighted by Crippen LogP contribution is -2.40. The molecule has 1 aromatic carbocycles. The zero-order chi connectivity index (χ0) is 24.0. The minimum atomic E-state index is -4.56. The molecule has 0 aliphatic heterocycles. The number of fused-ring (bicyclic) bond motifs is 1. The third-order valence-electron chi connectivity index (χ3n) is 4.87. The van der Waals surface area contributed by atoms with Crippen LogP contribution >= 0.6 is 0 Å². The molecule has 0 atom stereocenters. The first-order valence-electron chi connectivity index (χ1n) is 10.2. The number of para-hydroxylation sites is 1. The van der Waals surface area contributed by atoms with Crippen LogP contribution in [0.25, 0.3) is 27.8 Å². The van der Waals surface area contributed by atoms with Gasteiger partial charge in [-0.2, -0.15) is 18.3 Å². The zero-order valence-corrected chi connectivity index (χ0v) is 18.5. The van der Waals surface area contributed by atoms with Crippen LogP contribution in [-0.2, 0) is 6.18 Å². The fraction of sp³-hybridized carbons (Fsp3) is 0.250. The normalized spacial score (nSPS) is 12.2. The second-order valence-corrected chi connectivity index (χ2v) is 8.75. The van der Waals surface area contributed by atoms with Crippen LogP contribution in [0.2, 0.25) is 0 Å². The lowest BCUT2D eigenvalue weighted by atomic mass is 10.1. The Balaban J connectivity index is 2.00. The Morgan fingerprint density at radius 2 is 1.82 bits per heavy atom. The highest BCUT2D eigenvalue weighted by molar-refractivity contribution is 5.95. The van der Waals surface area contributed by atoms with Crippen molar-refractivity contribution in [2.24, 2.45) is 0 Å². The molecule has 3 aromatic heterocycles. The summed E-state index contributed by atoms with van der Waals surface area (Å²) in [5.41, 5.74) is 0.606. The monoisotopic (exact) mass is 453 g/mol. The number of halogens is 3. The maximum Gasteiger partial charge on any atom is 0.418 e. The van der Waals surface area contributed by atoms with Gasteiger partial charge < -0.3 is 5.32 Å². The third-order valence-corrected chi connectivity index (χ3v) is 4.87. The molecule has 33 heavy (non-hydrogen) atoms. The Bertz CT molecular complexity index is 1340. The van der Waals surface area contributed by atoms with Gasteiger partial charge in [0.05, 0.1) is 22.5 Å². The molecule has 4 rings (SSSR count). The molecule has 4 aromatic rings. The molecule has 6 nitrogen and oxygen atoms in total. The number of hydrogen-bond donors (Lipinski definition) is 1. The van der Waals surface area contributed by atoms with Crippen LogP contribution in [-0.4, -0.2) is 31.2 Å². The highest BCUT2D eigenvalue weighted by atomic mass is 19.4. The Kier molecular flexibility index (Phi) is 5.43. The van der Waals surface area contributed by atoms with E-state index < -0.39 is 23.2 Å². The van der Waals surface area contributed by atoms with Crippen molar-refractivity contribution in [2.45, 2.75) is 39.4 Å². The molecule has 0 saturated carbocycles. The number of aryl methyl sites for hydroxylation is 1. The van der Waals surface area contributed by atoms with E-state index in [4.69, 9.17) is 0 Å². The quantitative estimate of drug-likeness (QED) is 0.455. The smallest absolute Gasteiger partial charge is 0.346 e. The first-order valence-corrected chi connectivity index (χ1v) is 10.2. The number of aromatic nitrogens is 4. The van der Waals surface area contributed by atoms with Crippen molar-refractivity contribution in [1.29, 1.82) is 0 Å². The first-order chi connectivity index (χ1) is 15.4. The first kappa shape index (κ1) is 22.4. The van der Waals surface area contributed by atoms with Crippen LogP contribution in [0.3, 0.4) is 0 Å². The van der Waals surface area contributed by atoms with Crippen LogP contribution < -0.4 is 5.32 Å². The number of carbonyl (C=O) groups is 1. The lowest BCUT2D eigenvalue weighted by molar-refractivity contribution is -0.136. The fourth-order valence-electron chi connectivity index (χ4n) is 3.56. The average Bonchev–Trinajstić information content (AvgIpc) is 3.17. The van der Waals surface area contributed by atoms with Crippen LogP contribution in [0.1, 0.15) is 42.5 Å². The molecule has 0 bridgehead atoms. The van der Waals surface area contributed by atoms with Gasteiger partial charge in [-0.05, 0) is 58.0 Å². The summed E-state index contributed by atoms with van der Waals surface area (Å²) < 4.78 is 42.5. The summed E-state index contributed by atoms with van der Waals surface area (Å²) in [5.74, 6) is -0.391. The van der Waals surface area contributed by atoms with E-state index in [1.54, 1.807) is 49.6 Å². The Labute approximate surface area is 188 Å². The molecule has 0 radical (unpaired) electrons. The number of hydrogen-bond acceptors (Lipinski definition) is 4. The number of carbonyl (C=O) groups excluding carboxylic acids is 1. The summed E-state index contributed by atoms with van der Waals surface area (Å²) in [7, 11) is 0. The second kappa shape index (κ2) is 7.99. The summed E-state index contributed by atoms with van der Waals surface area (Å²) in [4.78, 5) is 21.1. The maximum absolute atomic E-state index is 13.7. The zero-order valence-electron chi connectivity index (χ0n) is 18.5. The van der Waals surface area contributed by atoms with Gasteiger partial charge in [-0.3, -0.25) is 14.8 Å². The van der Waals surface area contributed by atoms with Crippen molar-refractivity contribution >= 4 is 16.8 Å². The van der Waals surface area contributed by atoms with Gasteiger partial charge in [0.15, 0.2) is 5.69 Å². The van der Waals surface area contributed by atoms with Crippen LogP contribution in [0, 0.1) is 6.92 Å². The average molecular weight is 453 g/mol. The van der Waals surface area contributed by atoms with Gasteiger partial charge in [0, 0.05) is 34.6 Å². The molecule has 0 aliphatic carbocycles. The summed E-state index contributed by atoms with van der Waals surface area (Å²) >= 11 is 0. The summed E-state index contributed by atoms with van der Waals surface area (Å²) in [6, 6.07) is 10.7. The summed E-state index contributed by atoms with van der Waals surface area (Å²) in [6.07, 6.45) is -1.35. The van der Waals surface area contributed by atoms with Crippen LogP contribution in [0.15, 0.2) is 54.9 Å². The Morgan fingerprint density at radius 1 is 1.06 bits per heavy atom. The standard InChI is InChI=1S/C24H22F3N5O/c1-14-11-20(16-8-5-9-17(21(16)29-14)24(25,26)27)32-19(15-7-6-10-28-13-15)12-18(31-32)22(33)30-23(2,3)4/h5-13H,1-4H3,(H,30,33). The predicted octanol–water partition coefficient (Wildman–Crippen LogP) is 5.34. The van der Waals surface area contributed by atoms with E-state index in [0.29, 0.717) is 22.6 Å². The number of benzene rings is 1. The van der Waals surface area contributed by atoms with E-state index >= 15 is 0 Å². The van der Waals surface area contributed by atoms with E-state index in [1.807, 2.05) is 20.8 Å². The molecule has 0 spiro atoms. The molecule has 0 saturated heterocycles. The van der Waals surface area contributed by atoms with E-state index in [0.717, 1.165) is 6.07 Å². The van der Waals surface area contributed by atoms with Gasteiger partial charge in [0.2, 0.25) is 0 Å². The molecule has 1 N–H and O–H groups in total. The molecular weight excluding hydrogens is 431 g/mol. The minimum Gasteiger partial charge on any atom is -0.346 e. The Morgan fingerprint density at radius 3 is 2.45 bits per heavy atom. The van der Waals surface area contributed by atoms with Gasteiger partial charge in [-0.25, -0.2) is 4.68 Å². The van der Waals surface area contributed by atoms with Crippen LogP contribution in [0.4, 0.5) is 13.2 Å². The minimum absolute atomic E-state index is 0.137. The van der Waals surface area contributed by atoms with Gasteiger partial charge >= 0.3 is 6.18 Å². The number of alkyl halides is 3. The van der Waals surface area contributed by atoms with Crippen molar-refractivity contribution < 1.29 is 18.0 Å². The predicted molar refractivity (Wildman–Crippen MR) is 119 cm³/mol. The summed E-state index contributed by atoms with van der Waals surface area (Å²) in [6.45, 7) is 7.17. The number of nitrogens with zero attached hydrogens (tertiary/aromatic N) is 4. The van der Waals surface area contributed by atoms with E-state index in [9.17, 15) is 18.0 Å². The second-order valence-electron chi connectivity index (χ2n) is 8.75. The molecule has 3 heterocycles. The molecule has 0 fully saturated rings. The number of nitrogens with one attached hydrogen (secondary N) is 1. The van der Waals surface area contributed by atoms with Gasteiger partial charge in [0.25, 0.3) is 5.91 Å². The van der Waals surface area contributed by atoms with Crippen molar-refractivity contribution in [3.63, 3.8) is 0 Å². The molecule has 0 aliphatic rings. The topological polar surface area (TPSA) is 72.7 Å². The highest BCUT2D eigenvalue weighted by Crippen LogP contribution is 2.36. The SMILES string of the molecule is Cc1cc(-n2nc(C(=O)NC(C)(C)C)cc2-c2cccnc2)c2cccc(C(F)(F)F)c2n1. The number of rotatable bonds is 3. The summed E-state index contributed by atoms with van der Waals surface area (Å²) in [5, 5.41) is 7.63.